The summed E-state index contributed by atoms with van der Waals surface area (Å²) in [6, 6.07) is 5.87. The monoisotopic (exact) mass is 356 g/mol. The van der Waals surface area contributed by atoms with Gasteiger partial charge in [0.15, 0.2) is 0 Å². The quantitative estimate of drug-likeness (QED) is 0.772. The van der Waals surface area contributed by atoms with Crippen LogP contribution in [-0.2, 0) is 19.6 Å². The number of rotatable bonds is 3. The van der Waals surface area contributed by atoms with Crippen molar-refractivity contribution in [1.82, 2.24) is 9.21 Å². The fourth-order valence-corrected chi connectivity index (χ4v) is 4.69. The molecule has 0 N–H and O–H groups in total. The van der Waals surface area contributed by atoms with Crippen molar-refractivity contribution in [1.29, 1.82) is 0 Å². The Hall–Kier alpha value is -1.44. The molecule has 2 fully saturated rings. The molecule has 1 aromatic carbocycles. The number of carbonyl (C=O) groups excluding carboxylic acids is 2. The first-order chi connectivity index (χ1) is 10.9. The molecule has 0 bridgehead atoms. The predicted octanol–water partition coefficient (Wildman–Crippen LogP) is 1.64. The highest BCUT2D eigenvalue weighted by Gasteiger charge is 2.38. The molecule has 2 aliphatic rings. The minimum Gasteiger partial charge on any atom is -0.279 e. The molecular weight excluding hydrogens is 340 g/mol. The average molecular weight is 357 g/mol. The van der Waals surface area contributed by atoms with Gasteiger partial charge in [0.05, 0.1) is 4.90 Å². The molecule has 6 nitrogen and oxygen atoms in total. The fourth-order valence-electron chi connectivity index (χ4n) is 3.10. The van der Waals surface area contributed by atoms with Gasteiger partial charge < -0.3 is 0 Å². The van der Waals surface area contributed by atoms with Gasteiger partial charge in [0.2, 0.25) is 21.8 Å². The highest BCUT2D eigenvalue weighted by Crippen LogP contribution is 2.26. The van der Waals surface area contributed by atoms with Crippen LogP contribution < -0.4 is 0 Å². The van der Waals surface area contributed by atoms with Crippen LogP contribution in [0.25, 0.3) is 0 Å². The Morgan fingerprint density at radius 3 is 2.00 bits per heavy atom. The van der Waals surface area contributed by atoms with Gasteiger partial charge in [-0.25, -0.2) is 8.42 Å². The van der Waals surface area contributed by atoms with Gasteiger partial charge in [-0.2, -0.15) is 4.31 Å². The van der Waals surface area contributed by atoms with Gasteiger partial charge in [0.25, 0.3) is 0 Å². The van der Waals surface area contributed by atoms with E-state index in [1.165, 1.54) is 21.3 Å². The Balaban J connectivity index is 1.70. The molecule has 1 aromatic rings. The summed E-state index contributed by atoms with van der Waals surface area (Å²) in [5, 5.41) is 0.480. The van der Waals surface area contributed by atoms with E-state index < -0.39 is 10.0 Å². The van der Waals surface area contributed by atoms with Gasteiger partial charge in [0.1, 0.15) is 0 Å². The Morgan fingerprint density at radius 2 is 1.48 bits per heavy atom. The van der Waals surface area contributed by atoms with Crippen molar-refractivity contribution >= 4 is 33.4 Å². The summed E-state index contributed by atoms with van der Waals surface area (Å²) in [5.74, 6) is -0.289. The van der Waals surface area contributed by atoms with E-state index in [-0.39, 0.29) is 35.6 Å². The lowest BCUT2D eigenvalue weighted by Gasteiger charge is -2.35. The van der Waals surface area contributed by atoms with Crippen LogP contribution in [0.3, 0.4) is 0 Å². The summed E-state index contributed by atoms with van der Waals surface area (Å²) in [7, 11) is -3.57. The van der Waals surface area contributed by atoms with Crippen LogP contribution in [0.4, 0.5) is 0 Å². The molecular formula is C15H17ClN2O4S. The van der Waals surface area contributed by atoms with Gasteiger partial charge in [-0.3, -0.25) is 14.5 Å². The maximum absolute atomic E-state index is 12.6. The second-order valence-electron chi connectivity index (χ2n) is 5.75. The summed E-state index contributed by atoms with van der Waals surface area (Å²) in [6.45, 7) is 0.597. The third-order valence-corrected chi connectivity index (χ3v) is 6.49. The van der Waals surface area contributed by atoms with Crippen molar-refractivity contribution in [2.45, 2.75) is 36.6 Å². The molecule has 2 aliphatic heterocycles. The predicted molar refractivity (Wildman–Crippen MR) is 84.3 cm³/mol. The van der Waals surface area contributed by atoms with E-state index >= 15 is 0 Å². The minimum atomic E-state index is -3.57. The van der Waals surface area contributed by atoms with Crippen LogP contribution >= 0.6 is 11.6 Å². The number of imide groups is 1. The number of likely N-dealkylation sites (tertiary alicyclic amines) is 1. The normalized spacial score (nSPS) is 21.2. The number of piperidine rings is 1. The van der Waals surface area contributed by atoms with Crippen molar-refractivity contribution in [3.05, 3.63) is 29.3 Å². The lowest BCUT2D eigenvalue weighted by Crippen LogP contribution is -2.48. The first-order valence-electron chi connectivity index (χ1n) is 7.50. The van der Waals surface area contributed by atoms with E-state index in [2.05, 4.69) is 0 Å². The lowest BCUT2D eigenvalue weighted by molar-refractivity contribution is -0.141. The highest BCUT2D eigenvalue weighted by atomic mass is 35.5. The van der Waals surface area contributed by atoms with Crippen LogP contribution in [0.1, 0.15) is 25.7 Å². The third kappa shape index (κ3) is 3.13. The summed E-state index contributed by atoms with van der Waals surface area (Å²) < 4.78 is 26.6. The molecule has 2 heterocycles. The zero-order valence-electron chi connectivity index (χ0n) is 12.4. The van der Waals surface area contributed by atoms with Gasteiger partial charge >= 0.3 is 0 Å². The van der Waals surface area contributed by atoms with E-state index in [0.717, 1.165) is 0 Å². The van der Waals surface area contributed by atoms with Crippen LogP contribution in [0.15, 0.2) is 29.2 Å². The number of carbonyl (C=O) groups is 2. The molecule has 23 heavy (non-hydrogen) atoms. The molecule has 2 saturated heterocycles. The van der Waals surface area contributed by atoms with E-state index in [9.17, 15) is 18.0 Å². The zero-order chi connectivity index (χ0) is 16.6. The lowest BCUT2D eigenvalue weighted by atomic mass is 10.1. The molecule has 0 atom stereocenters. The van der Waals surface area contributed by atoms with Crippen molar-refractivity contribution in [2.75, 3.05) is 13.1 Å². The van der Waals surface area contributed by atoms with Gasteiger partial charge in [-0.1, -0.05) is 11.6 Å². The molecule has 0 aromatic heterocycles. The number of hydrogen-bond donors (Lipinski definition) is 0. The van der Waals surface area contributed by atoms with E-state index in [1.54, 1.807) is 12.1 Å². The molecule has 2 amide bonds. The summed E-state index contributed by atoms with van der Waals surface area (Å²) in [4.78, 5) is 25.1. The topological polar surface area (TPSA) is 74.8 Å². The Morgan fingerprint density at radius 1 is 0.957 bits per heavy atom. The van der Waals surface area contributed by atoms with E-state index in [4.69, 9.17) is 11.6 Å². The molecule has 3 rings (SSSR count). The van der Waals surface area contributed by atoms with Crippen molar-refractivity contribution < 1.29 is 18.0 Å². The molecule has 124 valence electrons. The Kier molecular flexibility index (Phi) is 4.44. The number of nitrogens with zero attached hydrogens (tertiary/aromatic N) is 2. The van der Waals surface area contributed by atoms with Crippen molar-refractivity contribution in [2.24, 2.45) is 0 Å². The number of hydrogen-bond acceptors (Lipinski definition) is 4. The molecule has 0 spiro atoms. The molecule has 0 aliphatic carbocycles. The van der Waals surface area contributed by atoms with Crippen LogP contribution in [-0.4, -0.2) is 48.6 Å². The SMILES string of the molecule is O=C1CCC(=O)N1C1CCN(S(=O)(=O)c2ccc(Cl)cc2)CC1. The number of benzene rings is 1. The maximum atomic E-state index is 12.6. The molecule has 0 unspecified atom stereocenters. The van der Waals surface area contributed by atoms with Crippen LogP contribution in [0.5, 0.6) is 0 Å². The largest absolute Gasteiger partial charge is 0.279 e. The first kappa shape index (κ1) is 16.4. The second-order valence-corrected chi connectivity index (χ2v) is 8.12. The third-order valence-electron chi connectivity index (χ3n) is 4.33. The second kappa shape index (κ2) is 6.22. The molecule has 0 saturated carbocycles. The van der Waals surface area contributed by atoms with Gasteiger partial charge in [-0.15, -0.1) is 0 Å². The summed E-state index contributed by atoms with van der Waals surface area (Å²) >= 11 is 5.79. The van der Waals surface area contributed by atoms with Gasteiger partial charge in [-0.05, 0) is 37.1 Å². The van der Waals surface area contributed by atoms with E-state index in [0.29, 0.717) is 31.0 Å². The Bertz CT molecular complexity index is 708. The maximum Gasteiger partial charge on any atom is 0.243 e. The smallest absolute Gasteiger partial charge is 0.243 e. The number of amides is 2. The highest BCUT2D eigenvalue weighted by molar-refractivity contribution is 7.89. The summed E-state index contributed by atoms with van der Waals surface area (Å²) in [6.07, 6.45) is 1.48. The molecule has 0 radical (unpaired) electrons. The van der Waals surface area contributed by atoms with Crippen molar-refractivity contribution in [3.8, 4) is 0 Å². The first-order valence-corrected chi connectivity index (χ1v) is 9.32. The van der Waals surface area contributed by atoms with Crippen LogP contribution in [0, 0.1) is 0 Å². The standard InChI is InChI=1S/C15H17ClN2O4S/c16-11-1-3-13(4-2-11)23(21,22)17-9-7-12(8-10-17)18-14(19)5-6-15(18)20/h1-4,12H,5-10H2. The average Bonchev–Trinajstić information content (AvgIpc) is 2.87. The number of halogens is 1. The fraction of sp³-hybridized carbons (Fsp3) is 0.467. The summed E-state index contributed by atoms with van der Waals surface area (Å²) in [5.41, 5.74) is 0. The Labute approximate surface area is 140 Å². The number of sulfonamides is 1. The molecule has 8 heteroatoms. The van der Waals surface area contributed by atoms with Crippen LogP contribution in [0.2, 0.25) is 5.02 Å². The van der Waals surface area contributed by atoms with E-state index in [1.807, 2.05) is 0 Å². The zero-order valence-corrected chi connectivity index (χ0v) is 14.0. The van der Waals surface area contributed by atoms with Crippen molar-refractivity contribution in [3.63, 3.8) is 0 Å². The van der Waals surface area contributed by atoms with Gasteiger partial charge in [0, 0.05) is 37.0 Å². The minimum absolute atomic E-state index is 0.144.